The third-order valence-corrected chi connectivity index (χ3v) is 4.39. The Kier molecular flexibility index (Phi) is 5.28. The predicted octanol–water partition coefficient (Wildman–Crippen LogP) is 3.59. The molecular weight excluding hydrogens is 325 g/mol. The van der Waals surface area contributed by atoms with Gasteiger partial charge < -0.3 is 5.32 Å². The number of nitrogens with one attached hydrogen (secondary N) is 1. The van der Waals surface area contributed by atoms with Crippen molar-refractivity contribution in [1.82, 2.24) is 15.3 Å². The summed E-state index contributed by atoms with van der Waals surface area (Å²) >= 11 is 1.51. The minimum absolute atomic E-state index is 0.118. The van der Waals surface area contributed by atoms with E-state index >= 15 is 0 Å². The number of aromatic nitrogens is 2. The lowest BCUT2D eigenvalue weighted by molar-refractivity contribution is -0.121. The normalized spacial score (nSPS) is 10.5. The molecule has 3 aromatic rings. The van der Waals surface area contributed by atoms with Crippen LogP contribution in [-0.4, -0.2) is 15.9 Å². The molecule has 1 aromatic carbocycles. The second-order valence-corrected chi connectivity index (χ2v) is 6.15. The second-order valence-electron chi connectivity index (χ2n) is 5.21. The highest BCUT2D eigenvalue weighted by Crippen LogP contribution is 2.20. The Morgan fingerprint density at radius 1 is 1.12 bits per heavy atom. The maximum Gasteiger partial charge on any atom is 0.220 e. The maximum absolute atomic E-state index is 13.5. The molecule has 0 saturated carbocycles. The van der Waals surface area contributed by atoms with Crippen LogP contribution in [0.1, 0.15) is 17.0 Å². The molecule has 0 saturated heterocycles. The molecule has 0 fully saturated rings. The van der Waals surface area contributed by atoms with E-state index in [0.717, 1.165) is 16.4 Å². The summed E-state index contributed by atoms with van der Waals surface area (Å²) in [6.07, 6.45) is 2.61. The molecule has 4 nitrogen and oxygen atoms in total. The molecule has 0 radical (unpaired) electrons. The molecule has 2 aromatic heterocycles. The van der Waals surface area contributed by atoms with Gasteiger partial charge >= 0.3 is 0 Å². The maximum atomic E-state index is 13.5. The summed E-state index contributed by atoms with van der Waals surface area (Å²) in [5.41, 5.74) is 2.13. The molecule has 3 rings (SSSR count). The van der Waals surface area contributed by atoms with Gasteiger partial charge in [0.2, 0.25) is 5.91 Å². The number of hydrogen-bond donors (Lipinski definition) is 1. The zero-order chi connectivity index (χ0) is 16.8. The van der Waals surface area contributed by atoms with Crippen LogP contribution >= 0.6 is 11.3 Å². The SMILES string of the molecule is O=C(CCc1nc(-c2ccccn2)cs1)NCc1ccccc1F. The van der Waals surface area contributed by atoms with Crippen LogP contribution in [0.2, 0.25) is 0 Å². The third-order valence-electron chi connectivity index (χ3n) is 3.48. The summed E-state index contributed by atoms with van der Waals surface area (Å²) in [5.74, 6) is -0.425. The second kappa shape index (κ2) is 7.79. The Balaban J connectivity index is 1.50. The minimum atomic E-state index is -0.308. The molecule has 0 spiro atoms. The predicted molar refractivity (Wildman–Crippen MR) is 91.9 cm³/mol. The first-order chi connectivity index (χ1) is 11.7. The number of hydrogen-bond acceptors (Lipinski definition) is 4. The van der Waals surface area contributed by atoms with Gasteiger partial charge in [0.15, 0.2) is 0 Å². The topological polar surface area (TPSA) is 54.9 Å². The fourth-order valence-corrected chi connectivity index (χ4v) is 2.99. The van der Waals surface area contributed by atoms with Gasteiger partial charge in [0.05, 0.1) is 16.4 Å². The van der Waals surface area contributed by atoms with Crippen molar-refractivity contribution in [3.63, 3.8) is 0 Å². The lowest BCUT2D eigenvalue weighted by Crippen LogP contribution is -2.23. The van der Waals surface area contributed by atoms with E-state index in [0.29, 0.717) is 18.4 Å². The molecule has 1 N–H and O–H groups in total. The summed E-state index contributed by atoms with van der Waals surface area (Å²) in [6, 6.07) is 12.1. The van der Waals surface area contributed by atoms with Gasteiger partial charge in [-0.25, -0.2) is 9.37 Å². The molecule has 0 aliphatic heterocycles. The average molecular weight is 341 g/mol. The van der Waals surface area contributed by atoms with Crippen LogP contribution in [0, 0.1) is 5.82 Å². The zero-order valence-corrected chi connectivity index (χ0v) is 13.7. The van der Waals surface area contributed by atoms with Crippen molar-refractivity contribution in [2.75, 3.05) is 0 Å². The van der Waals surface area contributed by atoms with Crippen molar-refractivity contribution in [3.05, 3.63) is 70.4 Å². The van der Waals surface area contributed by atoms with Crippen LogP contribution in [0.15, 0.2) is 54.0 Å². The number of benzene rings is 1. The first-order valence-electron chi connectivity index (χ1n) is 7.58. The van der Waals surface area contributed by atoms with E-state index in [9.17, 15) is 9.18 Å². The zero-order valence-electron chi connectivity index (χ0n) is 12.9. The fraction of sp³-hybridized carbons (Fsp3) is 0.167. The molecule has 2 heterocycles. The molecular formula is C18H16FN3OS. The third kappa shape index (κ3) is 4.23. The summed E-state index contributed by atoms with van der Waals surface area (Å²) in [5, 5.41) is 5.56. The van der Waals surface area contributed by atoms with Crippen LogP contribution in [-0.2, 0) is 17.8 Å². The molecule has 24 heavy (non-hydrogen) atoms. The molecule has 0 aliphatic carbocycles. The smallest absolute Gasteiger partial charge is 0.220 e. The van der Waals surface area contributed by atoms with Gasteiger partial charge in [-0.3, -0.25) is 9.78 Å². The van der Waals surface area contributed by atoms with Gasteiger partial charge in [-0.05, 0) is 18.2 Å². The molecule has 0 bridgehead atoms. The van der Waals surface area contributed by atoms with Crippen LogP contribution in [0.5, 0.6) is 0 Å². The van der Waals surface area contributed by atoms with Crippen molar-refractivity contribution >= 4 is 17.2 Å². The lowest BCUT2D eigenvalue weighted by Gasteiger charge is -2.05. The summed E-state index contributed by atoms with van der Waals surface area (Å²) < 4.78 is 13.5. The van der Waals surface area contributed by atoms with Crippen molar-refractivity contribution in [3.8, 4) is 11.4 Å². The minimum Gasteiger partial charge on any atom is -0.352 e. The van der Waals surface area contributed by atoms with Crippen LogP contribution in [0.3, 0.4) is 0 Å². The number of carbonyl (C=O) groups is 1. The number of aryl methyl sites for hydroxylation is 1. The highest BCUT2D eigenvalue weighted by Gasteiger charge is 2.09. The standard InChI is InChI=1S/C18H16FN3OS/c19-14-6-2-1-5-13(14)11-21-17(23)8-9-18-22-16(12-24-18)15-7-3-4-10-20-15/h1-7,10,12H,8-9,11H2,(H,21,23). The van der Waals surface area contributed by atoms with Gasteiger partial charge in [-0.15, -0.1) is 11.3 Å². The highest BCUT2D eigenvalue weighted by atomic mass is 32.1. The Morgan fingerprint density at radius 3 is 2.75 bits per heavy atom. The van der Waals surface area contributed by atoms with E-state index < -0.39 is 0 Å². The van der Waals surface area contributed by atoms with E-state index in [1.807, 2.05) is 23.6 Å². The molecule has 1 amide bonds. The van der Waals surface area contributed by atoms with E-state index in [-0.39, 0.29) is 18.3 Å². The monoisotopic (exact) mass is 341 g/mol. The Morgan fingerprint density at radius 2 is 1.96 bits per heavy atom. The Hall–Kier alpha value is -2.60. The van der Waals surface area contributed by atoms with Gasteiger partial charge in [-0.2, -0.15) is 0 Å². The van der Waals surface area contributed by atoms with E-state index in [4.69, 9.17) is 0 Å². The fourth-order valence-electron chi connectivity index (χ4n) is 2.20. The highest BCUT2D eigenvalue weighted by molar-refractivity contribution is 7.09. The summed E-state index contributed by atoms with van der Waals surface area (Å²) in [4.78, 5) is 20.7. The molecule has 0 atom stereocenters. The number of nitrogens with zero attached hydrogens (tertiary/aromatic N) is 2. The first kappa shape index (κ1) is 16.3. The number of thiazole rings is 1. The van der Waals surface area contributed by atoms with Gasteiger partial charge in [0.1, 0.15) is 5.82 Å². The van der Waals surface area contributed by atoms with Crippen molar-refractivity contribution in [1.29, 1.82) is 0 Å². The Bertz CT molecular complexity index is 820. The largest absolute Gasteiger partial charge is 0.352 e. The molecule has 6 heteroatoms. The van der Waals surface area contributed by atoms with Crippen LogP contribution in [0.25, 0.3) is 11.4 Å². The van der Waals surface area contributed by atoms with E-state index in [1.54, 1.807) is 24.4 Å². The quantitative estimate of drug-likeness (QED) is 0.745. The lowest BCUT2D eigenvalue weighted by atomic mass is 10.2. The van der Waals surface area contributed by atoms with Crippen LogP contribution in [0.4, 0.5) is 4.39 Å². The van der Waals surface area contributed by atoms with Crippen LogP contribution < -0.4 is 5.32 Å². The van der Waals surface area contributed by atoms with Gasteiger partial charge in [0, 0.05) is 36.5 Å². The number of amides is 1. The van der Waals surface area contributed by atoms with E-state index in [1.165, 1.54) is 17.4 Å². The van der Waals surface area contributed by atoms with Gasteiger partial charge in [-0.1, -0.05) is 24.3 Å². The van der Waals surface area contributed by atoms with Crippen molar-refractivity contribution in [2.24, 2.45) is 0 Å². The number of halogens is 1. The number of rotatable bonds is 6. The summed E-state index contributed by atoms with van der Waals surface area (Å²) in [6.45, 7) is 0.197. The number of carbonyl (C=O) groups excluding carboxylic acids is 1. The van der Waals surface area contributed by atoms with Crippen molar-refractivity contribution < 1.29 is 9.18 Å². The molecule has 0 unspecified atom stereocenters. The number of pyridine rings is 1. The first-order valence-corrected chi connectivity index (χ1v) is 8.46. The Labute approximate surface area is 143 Å². The molecule has 0 aliphatic rings. The average Bonchev–Trinajstić information content (AvgIpc) is 3.09. The summed E-state index contributed by atoms with van der Waals surface area (Å²) in [7, 11) is 0. The van der Waals surface area contributed by atoms with E-state index in [2.05, 4.69) is 15.3 Å². The van der Waals surface area contributed by atoms with Gasteiger partial charge in [0.25, 0.3) is 0 Å². The van der Waals surface area contributed by atoms with Crippen molar-refractivity contribution in [2.45, 2.75) is 19.4 Å². The molecule has 122 valence electrons.